The van der Waals surface area contributed by atoms with Gasteiger partial charge in [-0.3, -0.25) is 4.79 Å². The number of benzene rings is 2. The molecule has 0 saturated carbocycles. The highest BCUT2D eigenvalue weighted by molar-refractivity contribution is 5.96. The van der Waals surface area contributed by atoms with Crippen molar-refractivity contribution in [2.45, 2.75) is 26.4 Å². The molecular weight excluding hydrogens is 342 g/mol. The van der Waals surface area contributed by atoms with Crippen LogP contribution in [0, 0.1) is 6.92 Å². The zero-order valence-electron chi connectivity index (χ0n) is 15.2. The molecule has 2 heterocycles. The second-order valence-corrected chi connectivity index (χ2v) is 6.82. The minimum atomic E-state index is -0.485. The number of carbonyl (C=O) groups is 2. The summed E-state index contributed by atoms with van der Waals surface area (Å²) in [6.07, 6.45) is 2.14. The lowest BCUT2D eigenvalue weighted by molar-refractivity contribution is 0.0437. The highest BCUT2D eigenvalue weighted by Gasteiger charge is 2.20. The lowest BCUT2D eigenvalue weighted by Gasteiger charge is -2.15. The fourth-order valence-corrected chi connectivity index (χ4v) is 3.43. The average molecular weight is 363 g/mol. The number of para-hydroxylation sites is 1. The molecule has 5 nitrogen and oxygen atoms in total. The van der Waals surface area contributed by atoms with E-state index in [2.05, 4.69) is 0 Å². The second kappa shape index (κ2) is 7.27. The Bertz CT molecular complexity index is 981. The maximum atomic E-state index is 12.4. The van der Waals surface area contributed by atoms with E-state index in [-0.39, 0.29) is 18.3 Å². The predicted octanol–water partition coefficient (Wildman–Crippen LogP) is 4.33. The van der Waals surface area contributed by atoms with Crippen LogP contribution in [-0.2, 0) is 11.3 Å². The molecule has 0 atom stereocenters. The molecule has 138 valence electrons. The summed E-state index contributed by atoms with van der Waals surface area (Å²) in [6.45, 7) is 3.64. The van der Waals surface area contributed by atoms with Gasteiger partial charge in [0.2, 0.25) is 5.76 Å². The van der Waals surface area contributed by atoms with Crippen molar-refractivity contribution in [1.82, 2.24) is 4.90 Å². The SMILES string of the molecule is Cc1c(C(=O)OCc2ccc(C(=O)N3CCCC3)cc2)oc2ccccc12. The van der Waals surface area contributed by atoms with Gasteiger partial charge in [-0.05, 0) is 43.5 Å². The van der Waals surface area contributed by atoms with E-state index >= 15 is 0 Å². The van der Waals surface area contributed by atoms with E-state index in [0.29, 0.717) is 11.1 Å². The number of furan rings is 1. The summed E-state index contributed by atoms with van der Waals surface area (Å²) < 4.78 is 11.0. The summed E-state index contributed by atoms with van der Waals surface area (Å²) in [5.41, 5.74) is 2.95. The van der Waals surface area contributed by atoms with Gasteiger partial charge in [-0.2, -0.15) is 0 Å². The van der Waals surface area contributed by atoms with E-state index in [1.807, 2.05) is 48.2 Å². The van der Waals surface area contributed by atoms with Gasteiger partial charge in [0.1, 0.15) is 12.2 Å². The third kappa shape index (κ3) is 3.45. The lowest BCUT2D eigenvalue weighted by atomic mass is 10.1. The van der Waals surface area contributed by atoms with Gasteiger partial charge in [0.25, 0.3) is 5.91 Å². The highest BCUT2D eigenvalue weighted by Crippen LogP contribution is 2.25. The van der Waals surface area contributed by atoms with Crippen molar-refractivity contribution in [2.75, 3.05) is 13.1 Å². The fourth-order valence-electron chi connectivity index (χ4n) is 3.43. The number of aryl methyl sites for hydroxylation is 1. The summed E-state index contributed by atoms with van der Waals surface area (Å²) in [5, 5.41) is 0.911. The lowest BCUT2D eigenvalue weighted by Crippen LogP contribution is -2.27. The van der Waals surface area contributed by atoms with Crippen LogP contribution in [0.3, 0.4) is 0 Å². The minimum absolute atomic E-state index is 0.0638. The molecule has 1 aliphatic heterocycles. The van der Waals surface area contributed by atoms with Crippen LogP contribution in [0.1, 0.15) is 44.9 Å². The smallest absolute Gasteiger partial charge is 0.374 e. The summed E-state index contributed by atoms with van der Waals surface area (Å²) in [5.74, 6) is -0.188. The zero-order valence-corrected chi connectivity index (χ0v) is 15.2. The van der Waals surface area contributed by atoms with Crippen LogP contribution < -0.4 is 0 Å². The van der Waals surface area contributed by atoms with Gasteiger partial charge >= 0.3 is 5.97 Å². The van der Waals surface area contributed by atoms with Gasteiger partial charge < -0.3 is 14.1 Å². The maximum absolute atomic E-state index is 12.4. The van der Waals surface area contributed by atoms with E-state index in [4.69, 9.17) is 9.15 Å². The van der Waals surface area contributed by atoms with Crippen molar-refractivity contribution in [3.05, 3.63) is 71.0 Å². The Morgan fingerprint density at radius 2 is 1.74 bits per heavy atom. The second-order valence-electron chi connectivity index (χ2n) is 6.82. The zero-order chi connectivity index (χ0) is 18.8. The first-order chi connectivity index (χ1) is 13.1. The Labute approximate surface area is 157 Å². The highest BCUT2D eigenvalue weighted by atomic mass is 16.5. The molecule has 4 rings (SSSR count). The Balaban J connectivity index is 1.41. The van der Waals surface area contributed by atoms with Crippen molar-refractivity contribution < 1.29 is 18.7 Å². The Kier molecular flexibility index (Phi) is 4.67. The molecule has 27 heavy (non-hydrogen) atoms. The molecule has 0 unspecified atom stereocenters. The van der Waals surface area contributed by atoms with Crippen molar-refractivity contribution >= 4 is 22.8 Å². The van der Waals surface area contributed by atoms with E-state index in [1.165, 1.54) is 0 Å². The van der Waals surface area contributed by atoms with Crippen molar-refractivity contribution in [1.29, 1.82) is 0 Å². The summed E-state index contributed by atoms with van der Waals surface area (Å²) >= 11 is 0. The molecule has 1 fully saturated rings. The Morgan fingerprint density at radius 1 is 1.04 bits per heavy atom. The maximum Gasteiger partial charge on any atom is 0.374 e. The molecule has 2 aromatic carbocycles. The first kappa shape index (κ1) is 17.3. The van der Waals surface area contributed by atoms with E-state index in [1.54, 1.807) is 12.1 Å². The molecule has 0 aliphatic carbocycles. The van der Waals surface area contributed by atoms with Crippen molar-refractivity contribution in [2.24, 2.45) is 0 Å². The number of likely N-dealkylation sites (tertiary alicyclic amines) is 1. The minimum Gasteiger partial charge on any atom is -0.455 e. The monoisotopic (exact) mass is 363 g/mol. The quantitative estimate of drug-likeness (QED) is 0.647. The van der Waals surface area contributed by atoms with Gasteiger partial charge in [-0.1, -0.05) is 30.3 Å². The molecular formula is C22H21NO4. The van der Waals surface area contributed by atoms with Crippen LogP contribution in [0.15, 0.2) is 52.9 Å². The number of hydrogen-bond donors (Lipinski definition) is 0. The number of esters is 1. The third-order valence-corrected chi connectivity index (χ3v) is 4.99. The van der Waals surface area contributed by atoms with E-state index in [0.717, 1.165) is 42.4 Å². The number of nitrogens with zero attached hydrogens (tertiary/aromatic N) is 1. The Hall–Kier alpha value is -3.08. The van der Waals surface area contributed by atoms with Gasteiger partial charge in [-0.15, -0.1) is 0 Å². The molecule has 1 aromatic heterocycles. The van der Waals surface area contributed by atoms with Crippen LogP contribution in [0.4, 0.5) is 0 Å². The summed E-state index contributed by atoms with van der Waals surface area (Å²) in [4.78, 5) is 26.6. The predicted molar refractivity (Wildman–Crippen MR) is 102 cm³/mol. The Morgan fingerprint density at radius 3 is 2.44 bits per heavy atom. The number of amides is 1. The number of rotatable bonds is 4. The van der Waals surface area contributed by atoms with Crippen LogP contribution in [0.25, 0.3) is 11.0 Å². The molecule has 5 heteroatoms. The molecule has 1 amide bonds. The largest absolute Gasteiger partial charge is 0.455 e. The van der Waals surface area contributed by atoms with Crippen LogP contribution >= 0.6 is 0 Å². The number of ether oxygens (including phenoxy) is 1. The van der Waals surface area contributed by atoms with E-state index in [9.17, 15) is 9.59 Å². The van der Waals surface area contributed by atoms with Gasteiger partial charge in [-0.25, -0.2) is 4.79 Å². The molecule has 1 saturated heterocycles. The first-order valence-corrected chi connectivity index (χ1v) is 9.17. The average Bonchev–Trinajstić information content (AvgIpc) is 3.35. The van der Waals surface area contributed by atoms with Gasteiger partial charge in [0, 0.05) is 29.6 Å². The molecule has 0 N–H and O–H groups in total. The number of hydrogen-bond acceptors (Lipinski definition) is 4. The molecule has 0 radical (unpaired) electrons. The number of carbonyl (C=O) groups excluding carboxylic acids is 2. The number of fused-ring (bicyclic) bond motifs is 1. The topological polar surface area (TPSA) is 59.8 Å². The summed E-state index contributed by atoms with van der Waals surface area (Å²) in [6, 6.07) is 14.7. The fraction of sp³-hybridized carbons (Fsp3) is 0.273. The van der Waals surface area contributed by atoms with Crippen LogP contribution in [0.2, 0.25) is 0 Å². The molecule has 3 aromatic rings. The normalized spacial score (nSPS) is 13.9. The van der Waals surface area contributed by atoms with Crippen LogP contribution in [0.5, 0.6) is 0 Å². The van der Waals surface area contributed by atoms with E-state index < -0.39 is 5.97 Å². The van der Waals surface area contributed by atoms with Gasteiger partial charge in [0.05, 0.1) is 0 Å². The molecule has 0 bridgehead atoms. The third-order valence-electron chi connectivity index (χ3n) is 4.99. The molecule has 1 aliphatic rings. The first-order valence-electron chi connectivity index (χ1n) is 9.17. The summed E-state index contributed by atoms with van der Waals surface area (Å²) in [7, 11) is 0. The van der Waals surface area contributed by atoms with Crippen molar-refractivity contribution in [3.63, 3.8) is 0 Å². The standard InChI is InChI=1S/C22H21NO4/c1-15-18-6-2-3-7-19(18)27-20(15)22(25)26-14-16-8-10-17(11-9-16)21(24)23-12-4-5-13-23/h2-3,6-11H,4-5,12-14H2,1H3. The molecule has 0 spiro atoms. The van der Waals surface area contributed by atoms with Gasteiger partial charge in [0.15, 0.2) is 0 Å². The van der Waals surface area contributed by atoms with Crippen LogP contribution in [-0.4, -0.2) is 29.9 Å². The van der Waals surface area contributed by atoms with Crippen molar-refractivity contribution in [3.8, 4) is 0 Å².